The molecule has 4 rings (SSSR count). The molecule has 3 aromatic rings. The Morgan fingerprint density at radius 1 is 0.917 bits per heavy atom. The van der Waals surface area contributed by atoms with Gasteiger partial charge in [0.05, 0.1) is 25.9 Å². The highest BCUT2D eigenvalue weighted by Crippen LogP contribution is 2.39. The summed E-state index contributed by atoms with van der Waals surface area (Å²) in [6, 6.07) is 9.59. The highest BCUT2D eigenvalue weighted by Gasteiger charge is 2.15. The van der Waals surface area contributed by atoms with E-state index in [1.54, 1.807) is 20.4 Å². The second-order valence-corrected chi connectivity index (χ2v) is 5.34. The Balaban J connectivity index is 1.90. The van der Waals surface area contributed by atoms with E-state index in [0.717, 1.165) is 33.5 Å². The monoisotopic (exact) mass is 324 g/mol. The normalized spacial score (nSPS) is 12.9. The molecule has 1 aromatic heterocycles. The largest absolute Gasteiger partial charge is 0.493 e. The molecule has 24 heavy (non-hydrogen) atoms. The first kappa shape index (κ1) is 14.6. The second-order valence-electron chi connectivity index (χ2n) is 5.34. The van der Waals surface area contributed by atoms with E-state index in [4.69, 9.17) is 18.9 Å². The molecule has 0 spiro atoms. The van der Waals surface area contributed by atoms with Crippen molar-refractivity contribution in [2.45, 2.75) is 0 Å². The summed E-state index contributed by atoms with van der Waals surface area (Å²) in [5.74, 6) is 2.77. The average molecular weight is 324 g/mol. The second kappa shape index (κ2) is 5.88. The van der Waals surface area contributed by atoms with Crippen molar-refractivity contribution in [3.05, 3.63) is 36.5 Å². The Morgan fingerprint density at radius 3 is 2.46 bits per heavy atom. The summed E-state index contributed by atoms with van der Waals surface area (Å²) in [7, 11) is 3.21. The predicted octanol–water partition coefficient (Wildman–Crippen LogP) is 3.09. The van der Waals surface area contributed by atoms with Gasteiger partial charge in [-0.25, -0.2) is 0 Å². The zero-order chi connectivity index (χ0) is 16.5. The molecule has 1 aliphatic heterocycles. The van der Waals surface area contributed by atoms with E-state index in [1.807, 2.05) is 30.3 Å². The maximum atomic E-state index is 5.67. The molecular formula is C18H16N2O4. The molecule has 0 saturated carbocycles. The fourth-order valence-corrected chi connectivity index (χ4v) is 2.83. The van der Waals surface area contributed by atoms with Crippen molar-refractivity contribution >= 4 is 10.9 Å². The van der Waals surface area contributed by atoms with Crippen LogP contribution in [0.2, 0.25) is 0 Å². The average Bonchev–Trinajstić information content (AvgIpc) is 2.65. The van der Waals surface area contributed by atoms with Crippen LogP contribution in [0.15, 0.2) is 36.5 Å². The summed E-state index contributed by atoms with van der Waals surface area (Å²) in [6.45, 7) is 1.12. The predicted molar refractivity (Wildman–Crippen MR) is 89.1 cm³/mol. The maximum absolute atomic E-state index is 5.67. The minimum Gasteiger partial charge on any atom is -0.493 e. The van der Waals surface area contributed by atoms with E-state index >= 15 is 0 Å². The highest BCUT2D eigenvalue weighted by molar-refractivity contribution is 5.96. The third-order valence-corrected chi connectivity index (χ3v) is 4.00. The van der Waals surface area contributed by atoms with Crippen LogP contribution in [0.5, 0.6) is 23.0 Å². The van der Waals surface area contributed by atoms with E-state index in [1.165, 1.54) is 0 Å². The van der Waals surface area contributed by atoms with Gasteiger partial charge in [0.1, 0.15) is 13.2 Å². The van der Waals surface area contributed by atoms with Crippen molar-refractivity contribution in [1.29, 1.82) is 0 Å². The summed E-state index contributed by atoms with van der Waals surface area (Å²) in [5.41, 5.74) is 2.66. The fraction of sp³-hybridized carbons (Fsp3) is 0.222. The lowest BCUT2D eigenvalue weighted by atomic mass is 10.0. The van der Waals surface area contributed by atoms with Gasteiger partial charge in [-0.15, -0.1) is 0 Å². The number of hydrogen-bond acceptors (Lipinski definition) is 6. The molecule has 2 aromatic carbocycles. The first-order valence-corrected chi connectivity index (χ1v) is 7.57. The first-order valence-electron chi connectivity index (χ1n) is 7.57. The lowest BCUT2D eigenvalue weighted by molar-refractivity contribution is 0.171. The molecule has 0 radical (unpaired) electrons. The van der Waals surface area contributed by atoms with Gasteiger partial charge in [0.25, 0.3) is 0 Å². The Labute approximate surface area is 138 Å². The number of hydrogen-bond donors (Lipinski definition) is 0. The van der Waals surface area contributed by atoms with Crippen molar-refractivity contribution in [2.24, 2.45) is 0 Å². The molecular weight excluding hydrogens is 308 g/mol. The summed E-state index contributed by atoms with van der Waals surface area (Å²) in [6.07, 6.45) is 1.74. The van der Waals surface area contributed by atoms with E-state index < -0.39 is 0 Å². The van der Waals surface area contributed by atoms with Crippen molar-refractivity contribution < 1.29 is 18.9 Å². The summed E-state index contributed by atoms with van der Waals surface area (Å²) in [5, 5.41) is 9.24. The number of aromatic nitrogens is 2. The topological polar surface area (TPSA) is 62.7 Å². The number of methoxy groups -OCH3 is 2. The Bertz CT molecular complexity index is 911. The van der Waals surface area contributed by atoms with Gasteiger partial charge in [-0.2, -0.15) is 10.2 Å². The zero-order valence-electron chi connectivity index (χ0n) is 13.4. The van der Waals surface area contributed by atoms with Gasteiger partial charge < -0.3 is 18.9 Å². The van der Waals surface area contributed by atoms with Crippen LogP contribution in [0, 0.1) is 0 Å². The summed E-state index contributed by atoms with van der Waals surface area (Å²) < 4.78 is 22.0. The van der Waals surface area contributed by atoms with Gasteiger partial charge in [0.2, 0.25) is 0 Å². The molecule has 122 valence electrons. The van der Waals surface area contributed by atoms with Crippen LogP contribution in [-0.2, 0) is 0 Å². The smallest absolute Gasteiger partial charge is 0.162 e. The molecule has 0 saturated heterocycles. The lowest BCUT2D eigenvalue weighted by Gasteiger charge is -2.19. The zero-order valence-corrected chi connectivity index (χ0v) is 13.4. The molecule has 6 nitrogen and oxygen atoms in total. The molecule has 6 heteroatoms. The van der Waals surface area contributed by atoms with E-state index in [9.17, 15) is 0 Å². The number of benzene rings is 2. The summed E-state index contributed by atoms with van der Waals surface area (Å²) >= 11 is 0. The standard InChI is InChI=1S/C18H16N2O4/c1-21-16-8-12-13(10-19-20-14(12)9-17(16)22-2)11-3-4-15-18(7-11)24-6-5-23-15/h3-4,7-10H,5-6H2,1-2H3. The molecule has 0 N–H and O–H groups in total. The molecule has 0 aliphatic carbocycles. The SMILES string of the molecule is COc1cc2nncc(-c3ccc4c(c3)OCCO4)c2cc1OC. The molecule has 0 bridgehead atoms. The van der Waals surface area contributed by atoms with Crippen LogP contribution in [0.1, 0.15) is 0 Å². The van der Waals surface area contributed by atoms with Crippen molar-refractivity contribution in [2.75, 3.05) is 27.4 Å². The Morgan fingerprint density at radius 2 is 1.67 bits per heavy atom. The van der Waals surface area contributed by atoms with Gasteiger partial charge in [-0.05, 0) is 23.8 Å². The number of rotatable bonds is 3. The molecule has 0 atom stereocenters. The number of fused-ring (bicyclic) bond motifs is 2. The number of ether oxygens (including phenoxy) is 4. The third-order valence-electron chi connectivity index (χ3n) is 4.00. The number of nitrogens with zero attached hydrogens (tertiary/aromatic N) is 2. The van der Waals surface area contributed by atoms with Gasteiger partial charge in [0, 0.05) is 17.0 Å². The van der Waals surface area contributed by atoms with Crippen molar-refractivity contribution in [3.63, 3.8) is 0 Å². The molecule has 0 amide bonds. The molecule has 1 aliphatic rings. The van der Waals surface area contributed by atoms with E-state index in [0.29, 0.717) is 24.7 Å². The van der Waals surface area contributed by atoms with E-state index in [-0.39, 0.29) is 0 Å². The maximum Gasteiger partial charge on any atom is 0.162 e. The Kier molecular flexibility index (Phi) is 3.57. The van der Waals surface area contributed by atoms with Crippen LogP contribution < -0.4 is 18.9 Å². The first-order chi connectivity index (χ1) is 11.8. The van der Waals surface area contributed by atoms with Crippen molar-refractivity contribution in [1.82, 2.24) is 10.2 Å². The van der Waals surface area contributed by atoms with Gasteiger partial charge in [0.15, 0.2) is 23.0 Å². The molecule has 0 fully saturated rings. The van der Waals surface area contributed by atoms with Crippen LogP contribution in [0.3, 0.4) is 0 Å². The lowest BCUT2D eigenvalue weighted by Crippen LogP contribution is -2.15. The van der Waals surface area contributed by atoms with Crippen LogP contribution >= 0.6 is 0 Å². The van der Waals surface area contributed by atoms with Crippen LogP contribution in [0.4, 0.5) is 0 Å². The molecule has 2 heterocycles. The van der Waals surface area contributed by atoms with Crippen LogP contribution in [0.25, 0.3) is 22.0 Å². The third kappa shape index (κ3) is 2.36. The van der Waals surface area contributed by atoms with Gasteiger partial charge in [-0.1, -0.05) is 6.07 Å². The fourth-order valence-electron chi connectivity index (χ4n) is 2.83. The minimum atomic E-state index is 0.552. The van der Waals surface area contributed by atoms with Gasteiger partial charge in [-0.3, -0.25) is 0 Å². The minimum absolute atomic E-state index is 0.552. The van der Waals surface area contributed by atoms with Gasteiger partial charge >= 0.3 is 0 Å². The van der Waals surface area contributed by atoms with Crippen LogP contribution in [-0.4, -0.2) is 37.6 Å². The highest BCUT2D eigenvalue weighted by atomic mass is 16.6. The quantitative estimate of drug-likeness (QED) is 0.738. The molecule has 0 unspecified atom stereocenters. The van der Waals surface area contributed by atoms with E-state index in [2.05, 4.69) is 10.2 Å². The summed E-state index contributed by atoms with van der Waals surface area (Å²) in [4.78, 5) is 0. The van der Waals surface area contributed by atoms with Crippen molar-refractivity contribution in [3.8, 4) is 34.1 Å². The Hall–Kier alpha value is -3.02.